The van der Waals surface area contributed by atoms with Crippen molar-refractivity contribution in [3.05, 3.63) is 36.2 Å². The molecule has 1 atom stereocenters. The van der Waals surface area contributed by atoms with Gasteiger partial charge in [0.2, 0.25) is 0 Å². The molecule has 4 heteroatoms. The predicted octanol–water partition coefficient (Wildman–Crippen LogP) is 3.11. The van der Waals surface area contributed by atoms with E-state index in [9.17, 15) is 0 Å². The van der Waals surface area contributed by atoms with Gasteiger partial charge < -0.3 is 4.74 Å². The maximum Gasteiger partial charge on any atom is 0.0706 e. The Morgan fingerprint density at radius 1 is 1.43 bits per heavy atom. The summed E-state index contributed by atoms with van der Waals surface area (Å²) in [5, 5.41) is 4.45. The van der Waals surface area contributed by atoms with Gasteiger partial charge in [-0.15, -0.1) is 0 Å². The van der Waals surface area contributed by atoms with Crippen LogP contribution < -0.4 is 0 Å². The zero-order chi connectivity index (χ0) is 14.9. The van der Waals surface area contributed by atoms with Crippen molar-refractivity contribution in [3.8, 4) is 0 Å². The second-order valence-electron chi connectivity index (χ2n) is 6.52. The van der Waals surface area contributed by atoms with Gasteiger partial charge in [-0.25, -0.2) is 4.52 Å². The quantitative estimate of drug-likeness (QED) is 0.865. The van der Waals surface area contributed by atoms with Crippen LogP contribution in [0.4, 0.5) is 0 Å². The predicted molar refractivity (Wildman–Crippen MR) is 84.3 cm³/mol. The number of hydrogen-bond acceptors (Lipinski definition) is 3. The topological polar surface area (TPSA) is 29.8 Å². The fourth-order valence-electron chi connectivity index (χ4n) is 3.34. The Balaban J connectivity index is 1.78. The first-order chi connectivity index (χ1) is 10.1. The Morgan fingerprint density at radius 2 is 2.29 bits per heavy atom. The van der Waals surface area contributed by atoms with Gasteiger partial charge in [-0.1, -0.05) is 13.0 Å². The molecule has 21 heavy (non-hydrogen) atoms. The molecule has 2 aromatic rings. The maximum absolute atomic E-state index is 5.85. The molecule has 0 bridgehead atoms. The lowest BCUT2D eigenvalue weighted by Crippen LogP contribution is -2.45. The summed E-state index contributed by atoms with van der Waals surface area (Å²) in [4.78, 5) is 2.56. The van der Waals surface area contributed by atoms with E-state index in [-0.39, 0.29) is 5.60 Å². The van der Waals surface area contributed by atoms with E-state index in [0.29, 0.717) is 6.04 Å². The van der Waals surface area contributed by atoms with Crippen LogP contribution in [0.1, 0.15) is 39.2 Å². The Bertz CT molecular complexity index is 605. The minimum atomic E-state index is -0.00255. The first-order valence-corrected chi connectivity index (χ1v) is 7.88. The lowest BCUT2D eigenvalue weighted by molar-refractivity contribution is -0.0838. The van der Waals surface area contributed by atoms with E-state index in [4.69, 9.17) is 4.74 Å². The highest BCUT2D eigenvalue weighted by atomic mass is 16.5. The highest BCUT2D eigenvalue weighted by Crippen LogP contribution is 2.28. The largest absolute Gasteiger partial charge is 0.375 e. The van der Waals surface area contributed by atoms with E-state index >= 15 is 0 Å². The van der Waals surface area contributed by atoms with E-state index < -0.39 is 0 Å². The van der Waals surface area contributed by atoms with Crippen LogP contribution in [0.25, 0.3) is 5.52 Å². The Morgan fingerprint density at radius 3 is 3.05 bits per heavy atom. The summed E-state index contributed by atoms with van der Waals surface area (Å²) in [7, 11) is 0. The summed E-state index contributed by atoms with van der Waals surface area (Å²) in [6.45, 7) is 9.53. The number of nitrogens with zero attached hydrogens (tertiary/aromatic N) is 3. The van der Waals surface area contributed by atoms with Crippen molar-refractivity contribution in [1.82, 2.24) is 14.5 Å². The SMILES string of the molecule is CCN(Cc1cnn2ccccc12)C1CCOC(C)(C)C1. The van der Waals surface area contributed by atoms with E-state index in [0.717, 1.165) is 32.5 Å². The minimum absolute atomic E-state index is 0.00255. The third kappa shape index (κ3) is 3.11. The van der Waals surface area contributed by atoms with Crippen LogP contribution in [0.15, 0.2) is 30.6 Å². The molecule has 0 spiro atoms. The molecular formula is C17H25N3O. The smallest absolute Gasteiger partial charge is 0.0706 e. The average molecular weight is 287 g/mol. The normalized spacial score (nSPS) is 22.0. The van der Waals surface area contributed by atoms with E-state index in [1.165, 1.54) is 11.1 Å². The third-order valence-corrected chi connectivity index (χ3v) is 4.47. The molecule has 1 aliphatic heterocycles. The maximum atomic E-state index is 5.85. The lowest BCUT2D eigenvalue weighted by atomic mass is 9.92. The summed E-state index contributed by atoms with van der Waals surface area (Å²) in [5.74, 6) is 0. The van der Waals surface area contributed by atoms with Gasteiger partial charge in [0.1, 0.15) is 0 Å². The number of hydrogen-bond donors (Lipinski definition) is 0. The molecule has 114 valence electrons. The molecule has 1 unspecified atom stereocenters. The second-order valence-corrected chi connectivity index (χ2v) is 6.52. The molecule has 2 aromatic heterocycles. The number of fused-ring (bicyclic) bond motifs is 1. The van der Waals surface area contributed by atoms with Crippen molar-refractivity contribution in [2.24, 2.45) is 0 Å². The summed E-state index contributed by atoms with van der Waals surface area (Å²) >= 11 is 0. The molecule has 0 saturated carbocycles. The molecule has 0 radical (unpaired) electrons. The van der Waals surface area contributed by atoms with Gasteiger partial charge in [-0.3, -0.25) is 4.90 Å². The van der Waals surface area contributed by atoms with Crippen molar-refractivity contribution in [2.45, 2.75) is 51.8 Å². The van der Waals surface area contributed by atoms with Crippen molar-refractivity contribution in [2.75, 3.05) is 13.2 Å². The molecule has 0 amide bonds. The monoisotopic (exact) mass is 287 g/mol. The van der Waals surface area contributed by atoms with Crippen LogP contribution in [0, 0.1) is 0 Å². The highest BCUT2D eigenvalue weighted by Gasteiger charge is 2.31. The van der Waals surface area contributed by atoms with Crippen molar-refractivity contribution in [1.29, 1.82) is 0 Å². The number of aromatic nitrogens is 2. The molecule has 1 fully saturated rings. The van der Waals surface area contributed by atoms with Gasteiger partial charge >= 0.3 is 0 Å². The second kappa shape index (κ2) is 5.78. The molecule has 0 aliphatic carbocycles. The number of pyridine rings is 1. The zero-order valence-corrected chi connectivity index (χ0v) is 13.2. The van der Waals surface area contributed by atoms with Crippen LogP contribution in [0.3, 0.4) is 0 Å². The van der Waals surface area contributed by atoms with Crippen LogP contribution in [0.2, 0.25) is 0 Å². The van der Waals surface area contributed by atoms with E-state index in [1.54, 1.807) is 0 Å². The molecule has 0 aromatic carbocycles. The van der Waals surface area contributed by atoms with Crippen molar-refractivity contribution < 1.29 is 4.74 Å². The standard InChI is InChI=1S/C17H25N3O/c1-4-19(15-8-10-21-17(2,3)11-15)13-14-12-18-20-9-6-5-7-16(14)20/h5-7,9,12,15H,4,8,10-11,13H2,1-3H3. The molecule has 3 rings (SSSR count). The van der Waals surface area contributed by atoms with Crippen molar-refractivity contribution in [3.63, 3.8) is 0 Å². The molecule has 0 N–H and O–H groups in total. The Labute approximate surface area is 126 Å². The number of ether oxygens (including phenoxy) is 1. The lowest BCUT2D eigenvalue weighted by Gasteiger charge is -2.41. The summed E-state index contributed by atoms with van der Waals surface area (Å²) in [6, 6.07) is 6.83. The van der Waals surface area contributed by atoms with Gasteiger partial charge in [0, 0.05) is 31.0 Å². The molecule has 1 saturated heterocycles. The van der Waals surface area contributed by atoms with Gasteiger partial charge in [0.05, 0.1) is 17.3 Å². The highest BCUT2D eigenvalue weighted by molar-refractivity contribution is 5.53. The zero-order valence-electron chi connectivity index (χ0n) is 13.2. The summed E-state index contributed by atoms with van der Waals surface area (Å²) in [5.41, 5.74) is 2.52. The molecule has 1 aliphatic rings. The Kier molecular flexibility index (Phi) is 4.00. The average Bonchev–Trinajstić information content (AvgIpc) is 2.87. The summed E-state index contributed by atoms with van der Waals surface area (Å²) < 4.78 is 7.81. The van der Waals surface area contributed by atoms with Gasteiger partial charge in [0.25, 0.3) is 0 Å². The first kappa shape index (κ1) is 14.5. The van der Waals surface area contributed by atoms with Gasteiger partial charge in [0.15, 0.2) is 0 Å². The molecular weight excluding hydrogens is 262 g/mol. The third-order valence-electron chi connectivity index (χ3n) is 4.47. The van der Waals surface area contributed by atoms with Crippen LogP contribution in [-0.2, 0) is 11.3 Å². The van der Waals surface area contributed by atoms with Crippen LogP contribution in [0.5, 0.6) is 0 Å². The molecule has 4 nitrogen and oxygen atoms in total. The fraction of sp³-hybridized carbons (Fsp3) is 0.588. The van der Waals surface area contributed by atoms with E-state index in [2.05, 4.69) is 42.9 Å². The van der Waals surface area contributed by atoms with Crippen LogP contribution in [-0.4, -0.2) is 39.3 Å². The van der Waals surface area contributed by atoms with Gasteiger partial charge in [-0.2, -0.15) is 5.10 Å². The number of rotatable bonds is 4. The van der Waals surface area contributed by atoms with Crippen molar-refractivity contribution >= 4 is 5.52 Å². The van der Waals surface area contributed by atoms with E-state index in [1.807, 2.05) is 23.0 Å². The first-order valence-electron chi connectivity index (χ1n) is 7.88. The molecule has 3 heterocycles. The van der Waals surface area contributed by atoms with Crippen LogP contribution >= 0.6 is 0 Å². The van der Waals surface area contributed by atoms with Gasteiger partial charge in [-0.05, 0) is 45.4 Å². The Hall–Kier alpha value is -1.39. The minimum Gasteiger partial charge on any atom is -0.375 e. The summed E-state index contributed by atoms with van der Waals surface area (Å²) in [6.07, 6.45) is 6.23. The fourth-order valence-corrected chi connectivity index (χ4v) is 3.34.